The zero-order chi connectivity index (χ0) is 9.38. The van der Waals surface area contributed by atoms with Gasteiger partial charge in [-0.25, -0.2) is 4.39 Å². The molecule has 5 atom stereocenters. The highest BCUT2D eigenvalue weighted by molar-refractivity contribution is 5.29. The van der Waals surface area contributed by atoms with E-state index in [1.54, 1.807) is 0 Å². The summed E-state index contributed by atoms with van der Waals surface area (Å²) in [5.41, 5.74) is 5.60. The van der Waals surface area contributed by atoms with E-state index in [0.717, 1.165) is 12.8 Å². The van der Waals surface area contributed by atoms with Crippen molar-refractivity contribution >= 4 is 0 Å². The van der Waals surface area contributed by atoms with Crippen molar-refractivity contribution in [3.63, 3.8) is 0 Å². The summed E-state index contributed by atoms with van der Waals surface area (Å²) in [4.78, 5) is 2.35. The lowest BCUT2D eigenvalue weighted by Gasteiger charge is -2.59. The molecule has 0 unspecified atom stereocenters. The largest absolute Gasteiger partial charge is 0.322 e. The van der Waals surface area contributed by atoms with Crippen LogP contribution in [0.2, 0.25) is 0 Å². The first-order chi connectivity index (χ1) is 6.05. The van der Waals surface area contributed by atoms with E-state index in [1.165, 1.54) is 0 Å². The Morgan fingerprint density at radius 2 is 2.23 bits per heavy atom. The Hall–Kier alpha value is -0.150. The molecule has 0 spiro atoms. The normalized spacial score (nSPS) is 58.8. The second kappa shape index (κ2) is 2.09. The van der Waals surface area contributed by atoms with Crippen molar-refractivity contribution < 1.29 is 4.39 Å². The monoisotopic (exact) mass is 184 g/mol. The molecule has 0 aromatic carbocycles. The molecule has 0 aromatic heterocycles. The number of hydrogen-bond donors (Lipinski definition) is 1. The van der Waals surface area contributed by atoms with Crippen molar-refractivity contribution in [3.05, 3.63) is 0 Å². The molecule has 3 aliphatic rings. The minimum absolute atomic E-state index is 0.156. The number of alkyl halides is 1. The molecule has 0 aromatic rings. The predicted octanol–water partition coefficient (Wildman–Crippen LogP) is 0.907. The Balaban J connectivity index is 1.93. The van der Waals surface area contributed by atoms with E-state index < -0.39 is 11.7 Å². The van der Waals surface area contributed by atoms with E-state index in [0.29, 0.717) is 18.0 Å². The zero-order valence-electron chi connectivity index (χ0n) is 8.20. The average molecular weight is 184 g/mol. The fourth-order valence-corrected chi connectivity index (χ4v) is 3.93. The van der Waals surface area contributed by atoms with E-state index in [-0.39, 0.29) is 6.04 Å². The third-order valence-corrected chi connectivity index (χ3v) is 4.39. The Labute approximate surface area is 78.3 Å². The molecule has 2 saturated carbocycles. The van der Waals surface area contributed by atoms with Crippen LogP contribution in [0.1, 0.15) is 26.7 Å². The highest BCUT2D eigenvalue weighted by Crippen LogP contribution is 2.60. The highest BCUT2D eigenvalue weighted by atomic mass is 19.1. The number of piperidine rings is 2. The predicted molar refractivity (Wildman–Crippen MR) is 49.1 cm³/mol. The summed E-state index contributed by atoms with van der Waals surface area (Å²) < 4.78 is 13.7. The fourth-order valence-electron chi connectivity index (χ4n) is 3.93. The Morgan fingerprint density at radius 3 is 2.77 bits per heavy atom. The van der Waals surface area contributed by atoms with E-state index in [1.807, 2.05) is 0 Å². The van der Waals surface area contributed by atoms with Crippen LogP contribution in [-0.4, -0.2) is 34.7 Å². The van der Waals surface area contributed by atoms with E-state index in [4.69, 9.17) is 5.73 Å². The van der Waals surface area contributed by atoms with Gasteiger partial charge in [-0.3, -0.25) is 4.90 Å². The molecule has 1 saturated heterocycles. The van der Waals surface area contributed by atoms with Gasteiger partial charge in [0.25, 0.3) is 0 Å². The number of nitrogens with zero attached hydrogens (tertiary/aromatic N) is 1. The van der Waals surface area contributed by atoms with Crippen molar-refractivity contribution in [3.8, 4) is 0 Å². The second-order valence-corrected chi connectivity index (χ2v) is 5.25. The van der Waals surface area contributed by atoms with Crippen molar-refractivity contribution in [1.29, 1.82) is 0 Å². The van der Waals surface area contributed by atoms with Crippen LogP contribution >= 0.6 is 0 Å². The number of hydrogen-bond acceptors (Lipinski definition) is 2. The molecule has 2 N–H and O–H groups in total. The summed E-state index contributed by atoms with van der Waals surface area (Å²) in [6.45, 7) is 4.31. The number of likely N-dealkylation sites (tertiary alicyclic amines) is 1. The Morgan fingerprint density at radius 1 is 1.54 bits per heavy atom. The highest BCUT2D eigenvalue weighted by Gasteiger charge is 2.73. The van der Waals surface area contributed by atoms with Crippen LogP contribution in [0.15, 0.2) is 0 Å². The first kappa shape index (κ1) is 8.18. The van der Waals surface area contributed by atoms with Crippen LogP contribution in [0, 0.1) is 5.92 Å². The molecular formula is C10H17FN2. The average Bonchev–Trinajstić information content (AvgIpc) is 2.53. The molecule has 2 aliphatic carbocycles. The van der Waals surface area contributed by atoms with Crippen molar-refractivity contribution in [2.45, 2.75) is 56.5 Å². The third-order valence-electron chi connectivity index (χ3n) is 4.39. The maximum Gasteiger partial charge on any atom is 0.134 e. The van der Waals surface area contributed by atoms with Gasteiger partial charge in [-0.1, -0.05) is 0 Å². The summed E-state index contributed by atoms with van der Waals surface area (Å²) in [6, 6.07) is 1.21. The summed E-state index contributed by atoms with van der Waals surface area (Å²) in [7, 11) is 0. The number of nitrogens with two attached hydrogens (primary N) is 1. The number of fused-ring (bicyclic) bond motifs is 1. The van der Waals surface area contributed by atoms with Gasteiger partial charge in [0.1, 0.15) is 6.17 Å². The van der Waals surface area contributed by atoms with Crippen LogP contribution in [0.4, 0.5) is 4.39 Å². The lowest BCUT2D eigenvalue weighted by molar-refractivity contribution is -0.111. The minimum Gasteiger partial charge on any atom is -0.322 e. The fraction of sp³-hybridized carbons (Fsp3) is 1.00. The van der Waals surface area contributed by atoms with Gasteiger partial charge in [0.05, 0.1) is 5.54 Å². The molecule has 13 heavy (non-hydrogen) atoms. The first-order valence-electron chi connectivity index (χ1n) is 5.26. The van der Waals surface area contributed by atoms with Gasteiger partial charge in [-0.05, 0) is 32.6 Å². The van der Waals surface area contributed by atoms with E-state index in [2.05, 4.69) is 18.7 Å². The molecule has 3 rings (SSSR count). The molecule has 1 aliphatic heterocycles. The summed E-state index contributed by atoms with van der Waals surface area (Å²) in [6.07, 6.45) is 1.26. The quantitative estimate of drug-likeness (QED) is 0.656. The number of halogens is 1. The number of rotatable bonds is 1. The second-order valence-electron chi connectivity index (χ2n) is 5.25. The van der Waals surface area contributed by atoms with Gasteiger partial charge in [0, 0.05) is 18.1 Å². The van der Waals surface area contributed by atoms with E-state index in [9.17, 15) is 4.39 Å². The van der Waals surface area contributed by atoms with Gasteiger partial charge in [-0.15, -0.1) is 0 Å². The zero-order valence-corrected chi connectivity index (χ0v) is 8.20. The smallest absolute Gasteiger partial charge is 0.134 e. The van der Waals surface area contributed by atoms with Gasteiger partial charge in [0.2, 0.25) is 0 Å². The molecular weight excluding hydrogens is 167 g/mol. The van der Waals surface area contributed by atoms with Crippen LogP contribution in [0.3, 0.4) is 0 Å². The van der Waals surface area contributed by atoms with E-state index >= 15 is 0 Å². The SMILES string of the molecule is CC(C)N1[C@@H]2C[C@H]3[C@H]1[C@H](F)[C@]3(N)C2. The van der Waals surface area contributed by atoms with Crippen LogP contribution < -0.4 is 5.73 Å². The maximum absolute atomic E-state index is 13.7. The molecule has 3 heteroatoms. The van der Waals surface area contributed by atoms with Gasteiger partial charge < -0.3 is 5.73 Å². The van der Waals surface area contributed by atoms with Crippen LogP contribution in [0.5, 0.6) is 0 Å². The lowest BCUT2D eigenvalue weighted by Crippen LogP contribution is -2.77. The third kappa shape index (κ3) is 0.689. The van der Waals surface area contributed by atoms with Crippen molar-refractivity contribution in [1.82, 2.24) is 4.90 Å². The standard InChI is InChI=1S/C10H17FN2/c1-5(2)13-6-3-7-8(13)9(11)10(7,12)4-6/h5-9H,3-4,12H2,1-2H3/t6-,7+,8+,9+,10+/m1/s1. The van der Waals surface area contributed by atoms with Crippen LogP contribution in [-0.2, 0) is 0 Å². The van der Waals surface area contributed by atoms with Crippen LogP contribution in [0.25, 0.3) is 0 Å². The van der Waals surface area contributed by atoms with Gasteiger partial charge in [-0.2, -0.15) is 0 Å². The lowest BCUT2D eigenvalue weighted by atomic mass is 9.62. The Kier molecular flexibility index (Phi) is 1.31. The molecule has 0 amide bonds. The first-order valence-corrected chi connectivity index (χ1v) is 5.26. The minimum atomic E-state index is -0.765. The summed E-state index contributed by atoms with van der Waals surface area (Å²) >= 11 is 0. The molecule has 2 nitrogen and oxygen atoms in total. The van der Waals surface area contributed by atoms with Gasteiger partial charge in [0.15, 0.2) is 0 Å². The molecule has 74 valence electrons. The molecule has 1 heterocycles. The molecule has 2 bridgehead atoms. The molecule has 0 radical (unpaired) electrons. The summed E-state index contributed by atoms with van der Waals surface area (Å²) in [5, 5.41) is 0. The van der Waals surface area contributed by atoms with Crippen molar-refractivity contribution in [2.24, 2.45) is 11.7 Å². The maximum atomic E-state index is 13.7. The topological polar surface area (TPSA) is 29.3 Å². The summed E-state index contributed by atoms with van der Waals surface area (Å²) in [5.74, 6) is 0.454. The van der Waals surface area contributed by atoms with Crippen molar-refractivity contribution in [2.75, 3.05) is 0 Å². The molecule has 3 fully saturated rings. The Bertz CT molecular complexity index is 255. The van der Waals surface area contributed by atoms with Gasteiger partial charge >= 0.3 is 0 Å².